The second-order valence-corrected chi connectivity index (χ2v) is 5.05. The standard InChI is InChI=1S/C10H4F18O2/c11-5(12,13)3(6(14,15)16,7(17,18)19)29-1-2-30-4(8(20,21)22,9(23,24)25)10(26,27)28/h1-2H2. The third kappa shape index (κ3) is 4.62. The van der Waals surface area contributed by atoms with Gasteiger partial charge in [-0.15, -0.1) is 0 Å². The lowest BCUT2D eigenvalue weighted by Gasteiger charge is -2.39. The number of ether oxygens (including phenoxy) is 2. The minimum Gasteiger partial charge on any atom is -0.349 e. The highest BCUT2D eigenvalue weighted by molar-refractivity contribution is 5.04. The van der Waals surface area contributed by atoms with Crippen molar-refractivity contribution >= 4 is 0 Å². The predicted octanol–water partition coefficient (Wildman–Crippen LogP) is 5.87. The SMILES string of the molecule is FC(F)(F)C(OCCOC(C(F)(F)F)(C(F)(F)F)C(F)(F)F)(C(F)(F)F)C(F)(F)F. The van der Waals surface area contributed by atoms with Crippen LogP contribution >= 0.6 is 0 Å². The molecule has 0 spiro atoms. The Labute approximate surface area is 151 Å². The first-order chi connectivity index (χ1) is 12.7. The Morgan fingerprint density at radius 1 is 0.300 bits per heavy atom. The zero-order chi connectivity index (χ0) is 24.8. The largest absolute Gasteiger partial charge is 0.435 e. The molecule has 20 heteroatoms. The van der Waals surface area contributed by atoms with Crippen molar-refractivity contribution in [2.24, 2.45) is 0 Å². The first-order valence-corrected chi connectivity index (χ1v) is 6.39. The Morgan fingerprint density at radius 2 is 0.433 bits per heavy atom. The van der Waals surface area contributed by atoms with Crippen LogP contribution in [0, 0.1) is 0 Å². The van der Waals surface area contributed by atoms with Crippen LogP contribution in [0.15, 0.2) is 0 Å². The normalized spacial score (nSPS) is 16.2. The highest BCUT2D eigenvalue weighted by Gasteiger charge is 2.87. The molecule has 182 valence electrons. The highest BCUT2D eigenvalue weighted by atomic mass is 19.4. The van der Waals surface area contributed by atoms with Gasteiger partial charge in [0.1, 0.15) is 0 Å². The van der Waals surface area contributed by atoms with Crippen molar-refractivity contribution < 1.29 is 88.5 Å². The van der Waals surface area contributed by atoms with Gasteiger partial charge in [0.15, 0.2) is 0 Å². The molecule has 30 heavy (non-hydrogen) atoms. The summed E-state index contributed by atoms with van der Waals surface area (Å²) < 4.78 is 229. The number of hydrogen-bond donors (Lipinski definition) is 0. The van der Waals surface area contributed by atoms with Crippen LogP contribution in [0.4, 0.5) is 79.0 Å². The van der Waals surface area contributed by atoms with Crippen molar-refractivity contribution in [2.45, 2.75) is 48.3 Å². The molecule has 0 amide bonds. The van der Waals surface area contributed by atoms with Crippen molar-refractivity contribution in [3.63, 3.8) is 0 Å². The fraction of sp³-hybridized carbons (Fsp3) is 1.00. The fourth-order valence-corrected chi connectivity index (χ4v) is 1.84. The summed E-state index contributed by atoms with van der Waals surface area (Å²) in [5.41, 5.74) is -14.3. The van der Waals surface area contributed by atoms with E-state index >= 15 is 0 Å². The monoisotopic (exact) mass is 498 g/mol. The topological polar surface area (TPSA) is 18.5 Å². The summed E-state index contributed by atoms with van der Waals surface area (Å²) in [6.07, 6.45) is -44.6. The Balaban J connectivity index is 6.07. The van der Waals surface area contributed by atoms with Gasteiger partial charge in [0.05, 0.1) is 13.2 Å². The maximum atomic E-state index is 12.5. The summed E-state index contributed by atoms with van der Waals surface area (Å²) >= 11 is 0. The Bertz CT molecular complexity index is 445. The lowest BCUT2D eigenvalue weighted by Crippen LogP contribution is -2.69. The molecule has 0 rings (SSSR count). The number of alkyl halides is 18. The van der Waals surface area contributed by atoms with E-state index in [9.17, 15) is 79.0 Å². The van der Waals surface area contributed by atoms with Crippen molar-refractivity contribution in [1.82, 2.24) is 0 Å². The minimum absolute atomic E-state index is 2.45. The first-order valence-electron chi connectivity index (χ1n) is 6.39. The van der Waals surface area contributed by atoms with E-state index in [-0.39, 0.29) is 0 Å². The summed E-state index contributed by atoms with van der Waals surface area (Å²) in [6.45, 7) is -6.13. The van der Waals surface area contributed by atoms with Crippen LogP contribution in [0.2, 0.25) is 0 Å². The molecule has 0 fully saturated rings. The van der Waals surface area contributed by atoms with E-state index in [0.717, 1.165) is 0 Å². The van der Waals surface area contributed by atoms with E-state index in [0.29, 0.717) is 0 Å². The molecule has 0 heterocycles. The lowest BCUT2D eigenvalue weighted by molar-refractivity contribution is -0.471. The van der Waals surface area contributed by atoms with Crippen LogP contribution in [-0.4, -0.2) is 61.5 Å². The molecule has 0 aromatic heterocycles. The van der Waals surface area contributed by atoms with Crippen LogP contribution < -0.4 is 0 Å². The second kappa shape index (κ2) is 7.66. The molecule has 2 nitrogen and oxygen atoms in total. The molecule has 0 aliphatic heterocycles. The molecular formula is C10H4F18O2. The van der Waals surface area contributed by atoms with Crippen molar-refractivity contribution in [3.05, 3.63) is 0 Å². The van der Waals surface area contributed by atoms with E-state index < -0.39 is 61.5 Å². The van der Waals surface area contributed by atoms with E-state index in [1.54, 1.807) is 0 Å². The number of halogens is 18. The summed E-state index contributed by atoms with van der Waals surface area (Å²) in [5.74, 6) is 0. The molecule has 0 aliphatic rings. The van der Waals surface area contributed by atoms with E-state index in [4.69, 9.17) is 0 Å². The molecular weight excluding hydrogens is 494 g/mol. The summed E-state index contributed by atoms with van der Waals surface area (Å²) in [4.78, 5) is 0. The molecule has 0 radical (unpaired) electrons. The van der Waals surface area contributed by atoms with Gasteiger partial charge in [0.2, 0.25) is 0 Å². The van der Waals surface area contributed by atoms with Gasteiger partial charge in [-0.05, 0) is 0 Å². The van der Waals surface area contributed by atoms with Gasteiger partial charge in [-0.1, -0.05) is 0 Å². The molecule has 0 saturated carbocycles. The zero-order valence-electron chi connectivity index (χ0n) is 13.0. The van der Waals surface area contributed by atoms with Gasteiger partial charge in [0, 0.05) is 0 Å². The van der Waals surface area contributed by atoms with Crippen LogP contribution in [0.3, 0.4) is 0 Å². The zero-order valence-corrected chi connectivity index (χ0v) is 13.0. The average molecular weight is 498 g/mol. The third-order valence-electron chi connectivity index (χ3n) is 3.12. The van der Waals surface area contributed by atoms with E-state index in [1.807, 2.05) is 0 Å². The van der Waals surface area contributed by atoms with Gasteiger partial charge in [-0.2, -0.15) is 79.0 Å². The Morgan fingerprint density at radius 3 is 0.533 bits per heavy atom. The lowest BCUT2D eigenvalue weighted by atomic mass is 10.0. The van der Waals surface area contributed by atoms with Gasteiger partial charge < -0.3 is 9.47 Å². The molecule has 0 aromatic rings. The molecule has 0 unspecified atom stereocenters. The van der Waals surface area contributed by atoms with Gasteiger partial charge in [0.25, 0.3) is 0 Å². The van der Waals surface area contributed by atoms with Gasteiger partial charge >= 0.3 is 48.3 Å². The van der Waals surface area contributed by atoms with Crippen molar-refractivity contribution in [1.29, 1.82) is 0 Å². The maximum absolute atomic E-state index is 12.5. The van der Waals surface area contributed by atoms with Crippen LogP contribution in [0.5, 0.6) is 0 Å². The minimum atomic E-state index is -7.43. The Hall–Kier alpha value is -1.34. The van der Waals surface area contributed by atoms with Crippen LogP contribution in [-0.2, 0) is 9.47 Å². The Kier molecular flexibility index (Phi) is 7.32. The van der Waals surface area contributed by atoms with E-state index in [2.05, 4.69) is 9.47 Å². The number of hydrogen-bond acceptors (Lipinski definition) is 2. The predicted molar refractivity (Wildman–Crippen MR) is 53.7 cm³/mol. The molecule has 0 N–H and O–H groups in total. The van der Waals surface area contributed by atoms with Gasteiger partial charge in [-0.25, -0.2) is 0 Å². The summed E-state index contributed by atoms with van der Waals surface area (Å²) in [5, 5.41) is 0. The summed E-state index contributed by atoms with van der Waals surface area (Å²) in [7, 11) is 0. The van der Waals surface area contributed by atoms with E-state index in [1.165, 1.54) is 0 Å². The maximum Gasteiger partial charge on any atom is 0.435 e. The molecule has 0 atom stereocenters. The van der Waals surface area contributed by atoms with Gasteiger partial charge in [-0.3, -0.25) is 0 Å². The average Bonchev–Trinajstić information content (AvgIpc) is 2.32. The second-order valence-electron chi connectivity index (χ2n) is 5.05. The van der Waals surface area contributed by atoms with Crippen molar-refractivity contribution in [3.8, 4) is 0 Å². The first kappa shape index (κ1) is 28.7. The van der Waals surface area contributed by atoms with Crippen LogP contribution in [0.25, 0.3) is 0 Å². The quantitative estimate of drug-likeness (QED) is 0.349. The fourth-order valence-electron chi connectivity index (χ4n) is 1.84. The molecule has 0 aromatic carbocycles. The highest BCUT2D eigenvalue weighted by Crippen LogP contribution is 2.56. The molecule has 0 aliphatic carbocycles. The third-order valence-corrected chi connectivity index (χ3v) is 3.12. The van der Waals surface area contributed by atoms with Crippen molar-refractivity contribution in [2.75, 3.05) is 13.2 Å². The molecule has 0 bridgehead atoms. The summed E-state index contributed by atoms with van der Waals surface area (Å²) in [6, 6.07) is 0. The molecule has 0 saturated heterocycles. The number of rotatable bonds is 5. The smallest absolute Gasteiger partial charge is 0.349 e. The van der Waals surface area contributed by atoms with Crippen LogP contribution in [0.1, 0.15) is 0 Å².